The lowest BCUT2D eigenvalue weighted by atomic mass is 9.98. The maximum absolute atomic E-state index is 12.4. The van der Waals surface area contributed by atoms with Gasteiger partial charge in [-0.2, -0.15) is 0 Å². The Morgan fingerprint density at radius 3 is 2.37 bits per heavy atom. The molecule has 0 unspecified atom stereocenters. The molecule has 1 aliphatic rings. The quantitative estimate of drug-likeness (QED) is 0.822. The first-order valence-corrected chi connectivity index (χ1v) is 6.36. The van der Waals surface area contributed by atoms with Crippen molar-refractivity contribution in [2.75, 3.05) is 33.9 Å². The fourth-order valence-corrected chi connectivity index (χ4v) is 2.53. The summed E-state index contributed by atoms with van der Waals surface area (Å²) in [4.78, 5) is 1.81. The molecule has 0 aliphatic carbocycles. The van der Waals surface area contributed by atoms with Crippen molar-refractivity contribution in [3.63, 3.8) is 0 Å². The minimum atomic E-state index is -2.27. The summed E-state index contributed by atoms with van der Waals surface area (Å²) >= 11 is 0. The van der Waals surface area contributed by atoms with Crippen LogP contribution in [0, 0.1) is 0 Å². The predicted octanol–water partition coefficient (Wildman–Crippen LogP) is 2.76. The zero-order valence-corrected chi connectivity index (χ0v) is 11.2. The minimum Gasteiger partial charge on any atom is -0.497 e. The fourth-order valence-electron chi connectivity index (χ4n) is 2.53. The van der Waals surface area contributed by atoms with Gasteiger partial charge in [0.05, 0.1) is 20.8 Å². The molecule has 0 radical (unpaired) electrons. The predicted molar refractivity (Wildman–Crippen MR) is 69.3 cm³/mol. The second-order valence-corrected chi connectivity index (χ2v) is 4.78. The van der Waals surface area contributed by atoms with Crippen molar-refractivity contribution in [1.82, 2.24) is 4.90 Å². The summed E-state index contributed by atoms with van der Waals surface area (Å²) in [5, 5.41) is 0. The van der Waals surface area contributed by atoms with Crippen LogP contribution in [0.4, 0.5) is 8.78 Å². The number of halogens is 2. The Kier molecular flexibility index (Phi) is 4.58. The lowest BCUT2D eigenvalue weighted by Crippen LogP contribution is -2.26. The van der Waals surface area contributed by atoms with E-state index in [1.165, 1.54) is 0 Å². The average Bonchev–Trinajstić information content (AvgIpc) is 2.85. The molecule has 19 heavy (non-hydrogen) atoms. The van der Waals surface area contributed by atoms with E-state index in [1.807, 2.05) is 18.2 Å². The highest BCUT2D eigenvalue weighted by atomic mass is 19.3. The number of hydrogen-bond donors (Lipinski definition) is 0. The van der Waals surface area contributed by atoms with Crippen molar-refractivity contribution < 1.29 is 18.3 Å². The van der Waals surface area contributed by atoms with E-state index < -0.39 is 6.43 Å². The SMILES string of the molecule is COc1cc(OC)cc([C@@H]2CCN(CC(F)F)C2)c1. The van der Waals surface area contributed by atoms with E-state index >= 15 is 0 Å². The number of benzene rings is 1. The summed E-state index contributed by atoms with van der Waals surface area (Å²) in [6, 6.07) is 5.73. The molecule has 1 aromatic carbocycles. The normalized spacial score (nSPS) is 19.9. The molecule has 1 aromatic rings. The Hall–Kier alpha value is -1.36. The van der Waals surface area contributed by atoms with Gasteiger partial charge in [-0.3, -0.25) is 4.90 Å². The van der Waals surface area contributed by atoms with Crippen molar-refractivity contribution in [2.24, 2.45) is 0 Å². The number of hydrogen-bond acceptors (Lipinski definition) is 3. The Labute approximate surface area is 112 Å². The van der Waals surface area contributed by atoms with Crippen molar-refractivity contribution in [3.8, 4) is 11.5 Å². The number of rotatable bonds is 5. The molecule has 1 atom stereocenters. The summed E-state index contributed by atoms with van der Waals surface area (Å²) < 4.78 is 35.2. The van der Waals surface area contributed by atoms with Crippen molar-refractivity contribution in [2.45, 2.75) is 18.8 Å². The Bertz CT molecular complexity index is 404. The molecule has 1 saturated heterocycles. The topological polar surface area (TPSA) is 21.7 Å². The molecule has 1 heterocycles. The van der Waals surface area contributed by atoms with Gasteiger partial charge in [0.1, 0.15) is 11.5 Å². The highest BCUT2D eigenvalue weighted by Gasteiger charge is 2.26. The van der Waals surface area contributed by atoms with E-state index in [9.17, 15) is 8.78 Å². The second-order valence-electron chi connectivity index (χ2n) is 4.78. The zero-order valence-electron chi connectivity index (χ0n) is 11.2. The molecule has 2 rings (SSSR count). The molecule has 0 amide bonds. The monoisotopic (exact) mass is 271 g/mol. The van der Waals surface area contributed by atoms with Gasteiger partial charge >= 0.3 is 0 Å². The average molecular weight is 271 g/mol. The fraction of sp³-hybridized carbons (Fsp3) is 0.571. The van der Waals surface area contributed by atoms with Crippen LogP contribution in [0.3, 0.4) is 0 Å². The standard InChI is InChI=1S/C14H19F2NO2/c1-18-12-5-11(6-13(7-12)19-2)10-3-4-17(8-10)9-14(15)16/h5-7,10,14H,3-4,8-9H2,1-2H3/t10-/m1/s1. The number of nitrogens with zero attached hydrogens (tertiary/aromatic N) is 1. The third-order valence-corrected chi connectivity index (χ3v) is 3.51. The highest BCUT2D eigenvalue weighted by molar-refractivity contribution is 5.40. The van der Waals surface area contributed by atoms with Crippen LogP contribution in [0.15, 0.2) is 18.2 Å². The molecular weight excluding hydrogens is 252 g/mol. The van der Waals surface area contributed by atoms with E-state index in [4.69, 9.17) is 9.47 Å². The molecule has 1 aliphatic heterocycles. The van der Waals surface area contributed by atoms with Crippen LogP contribution in [0.5, 0.6) is 11.5 Å². The van der Waals surface area contributed by atoms with Crippen LogP contribution in [0.2, 0.25) is 0 Å². The maximum Gasteiger partial charge on any atom is 0.251 e. The first-order chi connectivity index (χ1) is 9.12. The van der Waals surface area contributed by atoms with E-state index in [0.717, 1.165) is 23.5 Å². The van der Waals surface area contributed by atoms with Gasteiger partial charge < -0.3 is 9.47 Å². The smallest absolute Gasteiger partial charge is 0.251 e. The molecule has 0 N–H and O–H groups in total. The second kappa shape index (κ2) is 6.19. The third-order valence-electron chi connectivity index (χ3n) is 3.51. The van der Waals surface area contributed by atoms with E-state index in [-0.39, 0.29) is 12.5 Å². The molecule has 0 bridgehead atoms. The zero-order chi connectivity index (χ0) is 13.8. The van der Waals surface area contributed by atoms with Crippen molar-refractivity contribution in [1.29, 1.82) is 0 Å². The van der Waals surface area contributed by atoms with Crippen LogP contribution >= 0.6 is 0 Å². The number of likely N-dealkylation sites (tertiary alicyclic amines) is 1. The highest BCUT2D eigenvalue weighted by Crippen LogP contribution is 2.32. The first kappa shape index (κ1) is 14.1. The van der Waals surface area contributed by atoms with Gasteiger partial charge in [-0.25, -0.2) is 8.78 Å². The molecule has 0 aromatic heterocycles. The lowest BCUT2D eigenvalue weighted by molar-refractivity contribution is 0.0990. The summed E-state index contributed by atoms with van der Waals surface area (Å²) in [5.41, 5.74) is 1.09. The van der Waals surface area contributed by atoms with E-state index in [2.05, 4.69) is 0 Å². The van der Waals surface area contributed by atoms with Crippen LogP contribution in [-0.4, -0.2) is 45.2 Å². The van der Waals surface area contributed by atoms with Gasteiger partial charge in [0.15, 0.2) is 0 Å². The van der Waals surface area contributed by atoms with Gasteiger partial charge in [0, 0.05) is 12.6 Å². The summed E-state index contributed by atoms with van der Waals surface area (Å²) in [7, 11) is 3.21. The number of methoxy groups -OCH3 is 2. The van der Waals surface area contributed by atoms with Crippen LogP contribution in [-0.2, 0) is 0 Å². The molecule has 3 nitrogen and oxygen atoms in total. The Morgan fingerprint density at radius 1 is 1.21 bits per heavy atom. The number of ether oxygens (including phenoxy) is 2. The Morgan fingerprint density at radius 2 is 1.84 bits per heavy atom. The molecular formula is C14H19F2NO2. The van der Waals surface area contributed by atoms with Crippen molar-refractivity contribution in [3.05, 3.63) is 23.8 Å². The lowest BCUT2D eigenvalue weighted by Gasteiger charge is -2.16. The van der Waals surface area contributed by atoms with Crippen LogP contribution < -0.4 is 9.47 Å². The maximum atomic E-state index is 12.4. The molecule has 0 spiro atoms. The van der Waals surface area contributed by atoms with Crippen molar-refractivity contribution >= 4 is 0 Å². The summed E-state index contributed by atoms with van der Waals surface area (Å²) in [5.74, 6) is 1.74. The summed E-state index contributed by atoms with van der Waals surface area (Å²) in [6.45, 7) is 1.24. The Balaban J connectivity index is 2.10. The molecule has 106 valence electrons. The van der Waals surface area contributed by atoms with Crippen LogP contribution in [0.1, 0.15) is 17.9 Å². The summed E-state index contributed by atoms with van der Waals surface area (Å²) in [6.07, 6.45) is -1.37. The van der Waals surface area contributed by atoms with Gasteiger partial charge in [-0.15, -0.1) is 0 Å². The van der Waals surface area contributed by atoms with E-state index in [0.29, 0.717) is 13.1 Å². The van der Waals surface area contributed by atoms with Gasteiger partial charge in [-0.1, -0.05) is 0 Å². The largest absolute Gasteiger partial charge is 0.497 e. The minimum absolute atomic E-state index is 0.141. The van der Waals surface area contributed by atoms with E-state index in [1.54, 1.807) is 19.1 Å². The van der Waals surface area contributed by atoms with Crippen LogP contribution in [0.25, 0.3) is 0 Å². The van der Waals surface area contributed by atoms with Gasteiger partial charge in [0.25, 0.3) is 6.43 Å². The molecule has 0 saturated carbocycles. The number of alkyl halides is 2. The molecule has 1 fully saturated rings. The first-order valence-electron chi connectivity index (χ1n) is 6.36. The molecule has 5 heteroatoms. The van der Waals surface area contributed by atoms with Gasteiger partial charge in [-0.05, 0) is 36.6 Å². The third kappa shape index (κ3) is 3.56. The van der Waals surface area contributed by atoms with Gasteiger partial charge in [0.2, 0.25) is 0 Å².